The van der Waals surface area contributed by atoms with Gasteiger partial charge in [-0.15, -0.1) is 0 Å². The molecule has 2 heterocycles. The number of ether oxygens (including phenoxy) is 1. The van der Waals surface area contributed by atoms with Gasteiger partial charge in [0.1, 0.15) is 0 Å². The van der Waals surface area contributed by atoms with Gasteiger partial charge in [-0.2, -0.15) is 0 Å². The maximum absolute atomic E-state index is 12.7. The molecule has 1 atom stereocenters. The highest BCUT2D eigenvalue weighted by molar-refractivity contribution is 7.92. The molecule has 28 heavy (non-hydrogen) atoms. The molecule has 1 aromatic carbocycles. The molecule has 8 heteroatoms. The molecule has 0 aromatic heterocycles. The first-order valence-corrected chi connectivity index (χ1v) is 11.8. The second-order valence-electron chi connectivity index (χ2n) is 8.07. The Balaban J connectivity index is 1.65. The Labute approximate surface area is 168 Å². The van der Waals surface area contributed by atoms with Gasteiger partial charge in [-0.25, -0.2) is 8.42 Å². The maximum atomic E-state index is 12.7. The van der Waals surface area contributed by atoms with E-state index < -0.39 is 10.0 Å². The average molecular weight is 410 g/mol. The first-order valence-electron chi connectivity index (χ1n) is 9.96. The number of rotatable bonds is 7. The van der Waals surface area contributed by atoms with Crippen molar-refractivity contribution in [1.82, 2.24) is 10.2 Å². The SMILES string of the molecule is CC(C)CC(CNC(=O)c1ccc2c(c1)CCN2S(C)(=O)=O)N1CCOCC1. The van der Waals surface area contributed by atoms with Gasteiger partial charge in [0.05, 0.1) is 25.2 Å². The molecule has 0 spiro atoms. The van der Waals surface area contributed by atoms with E-state index in [0.717, 1.165) is 38.3 Å². The molecule has 1 fully saturated rings. The summed E-state index contributed by atoms with van der Waals surface area (Å²) in [6.07, 6.45) is 2.87. The van der Waals surface area contributed by atoms with Crippen molar-refractivity contribution in [3.8, 4) is 0 Å². The number of amides is 1. The molecule has 1 aromatic rings. The van der Waals surface area contributed by atoms with Crippen LogP contribution >= 0.6 is 0 Å². The first-order chi connectivity index (χ1) is 13.3. The zero-order valence-electron chi connectivity index (χ0n) is 17.0. The maximum Gasteiger partial charge on any atom is 0.251 e. The van der Waals surface area contributed by atoms with Crippen molar-refractivity contribution in [2.75, 3.05) is 50.0 Å². The fourth-order valence-electron chi connectivity index (χ4n) is 4.02. The van der Waals surface area contributed by atoms with Crippen molar-refractivity contribution in [3.63, 3.8) is 0 Å². The summed E-state index contributed by atoms with van der Waals surface area (Å²) in [5, 5.41) is 3.08. The van der Waals surface area contributed by atoms with E-state index in [-0.39, 0.29) is 5.91 Å². The van der Waals surface area contributed by atoms with Gasteiger partial charge in [-0.3, -0.25) is 14.0 Å². The highest BCUT2D eigenvalue weighted by atomic mass is 32.2. The predicted molar refractivity (Wildman–Crippen MR) is 110 cm³/mol. The largest absolute Gasteiger partial charge is 0.379 e. The Morgan fingerprint density at radius 3 is 2.57 bits per heavy atom. The van der Waals surface area contributed by atoms with Crippen molar-refractivity contribution >= 4 is 21.6 Å². The molecule has 3 rings (SSSR count). The first kappa shape index (κ1) is 21.1. The lowest BCUT2D eigenvalue weighted by Crippen LogP contribution is -2.49. The van der Waals surface area contributed by atoms with Crippen LogP contribution in [0.1, 0.15) is 36.2 Å². The van der Waals surface area contributed by atoms with Crippen LogP contribution < -0.4 is 9.62 Å². The van der Waals surface area contributed by atoms with Crippen molar-refractivity contribution in [1.29, 1.82) is 0 Å². The highest BCUT2D eigenvalue weighted by Crippen LogP contribution is 2.30. The lowest BCUT2D eigenvalue weighted by molar-refractivity contribution is 0.0124. The Hall–Kier alpha value is -1.64. The van der Waals surface area contributed by atoms with E-state index in [2.05, 4.69) is 24.1 Å². The second kappa shape index (κ2) is 8.80. The number of carbonyl (C=O) groups is 1. The van der Waals surface area contributed by atoms with Gasteiger partial charge in [0.15, 0.2) is 0 Å². The van der Waals surface area contributed by atoms with E-state index >= 15 is 0 Å². The number of hydrogen-bond acceptors (Lipinski definition) is 5. The van der Waals surface area contributed by atoms with E-state index in [1.165, 1.54) is 10.6 Å². The van der Waals surface area contributed by atoms with Crippen LogP contribution in [0.4, 0.5) is 5.69 Å². The molecule has 0 saturated carbocycles. The van der Waals surface area contributed by atoms with Crippen molar-refractivity contribution in [3.05, 3.63) is 29.3 Å². The van der Waals surface area contributed by atoms with E-state index in [9.17, 15) is 13.2 Å². The summed E-state index contributed by atoms with van der Waals surface area (Å²) < 4.78 is 30.6. The minimum absolute atomic E-state index is 0.109. The lowest BCUT2D eigenvalue weighted by atomic mass is 10.0. The fraction of sp³-hybridized carbons (Fsp3) is 0.650. The third kappa shape index (κ3) is 5.04. The van der Waals surface area contributed by atoms with Gasteiger partial charge >= 0.3 is 0 Å². The van der Waals surface area contributed by atoms with Gasteiger partial charge in [-0.05, 0) is 42.5 Å². The number of nitrogens with zero attached hydrogens (tertiary/aromatic N) is 2. The quantitative estimate of drug-likeness (QED) is 0.738. The molecule has 2 aliphatic rings. The summed E-state index contributed by atoms with van der Waals surface area (Å²) >= 11 is 0. The molecule has 1 amide bonds. The normalized spacial score (nSPS) is 18.9. The summed E-state index contributed by atoms with van der Waals surface area (Å²) in [5.41, 5.74) is 2.18. The third-order valence-corrected chi connectivity index (χ3v) is 6.58. The molecular weight excluding hydrogens is 378 g/mol. The number of nitrogens with one attached hydrogen (secondary N) is 1. The second-order valence-corrected chi connectivity index (χ2v) is 9.98. The topological polar surface area (TPSA) is 79.0 Å². The van der Waals surface area contributed by atoms with Gasteiger partial charge in [0.25, 0.3) is 5.91 Å². The van der Waals surface area contributed by atoms with Crippen LogP contribution in [-0.4, -0.2) is 70.9 Å². The van der Waals surface area contributed by atoms with Gasteiger partial charge < -0.3 is 10.1 Å². The van der Waals surface area contributed by atoms with Gasteiger partial charge in [-0.1, -0.05) is 13.8 Å². The van der Waals surface area contributed by atoms with Crippen LogP contribution in [-0.2, 0) is 21.2 Å². The van der Waals surface area contributed by atoms with E-state index in [0.29, 0.717) is 42.7 Å². The number of benzene rings is 1. The molecule has 156 valence electrons. The summed E-state index contributed by atoms with van der Waals surface area (Å²) in [6.45, 7) is 8.71. The summed E-state index contributed by atoms with van der Waals surface area (Å²) in [6, 6.07) is 5.57. The Morgan fingerprint density at radius 1 is 1.21 bits per heavy atom. The minimum Gasteiger partial charge on any atom is -0.379 e. The minimum atomic E-state index is -3.28. The van der Waals surface area contributed by atoms with Crippen LogP contribution in [0.3, 0.4) is 0 Å². The fourth-order valence-corrected chi connectivity index (χ4v) is 4.98. The molecule has 1 N–H and O–H groups in total. The average Bonchev–Trinajstić information content (AvgIpc) is 3.09. The number of sulfonamides is 1. The van der Waals surface area contributed by atoms with Gasteiger partial charge in [0, 0.05) is 37.8 Å². The Bertz CT molecular complexity index is 804. The third-order valence-electron chi connectivity index (χ3n) is 5.40. The molecule has 1 unspecified atom stereocenters. The van der Waals surface area contributed by atoms with Crippen molar-refractivity contribution in [2.45, 2.75) is 32.7 Å². The van der Waals surface area contributed by atoms with Crippen LogP contribution in [0.15, 0.2) is 18.2 Å². The number of anilines is 1. The summed E-state index contributed by atoms with van der Waals surface area (Å²) in [7, 11) is -3.28. The smallest absolute Gasteiger partial charge is 0.251 e. The van der Waals surface area contributed by atoms with Crippen LogP contribution in [0.25, 0.3) is 0 Å². The molecule has 0 radical (unpaired) electrons. The van der Waals surface area contributed by atoms with E-state index in [1.807, 2.05) is 6.07 Å². The van der Waals surface area contributed by atoms with Crippen molar-refractivity contribution < 1.29 is 17.9 Å². The predicted octanol–water partition coefficient (Wildman–Crippen LogP) is 1.49. The highest BCUT2D eigenvalue weighted by Gasteiger charge is 2.27. The summed E-state index contributed by atoms with van der Waals surface area (Å²) in [5.74, 6) is 0.439. The van der Waals surface area contributed by atoms with E-state index in [4.69, 9.17) is 4.74 Å². The monoisotopic (exact) mass is 409 g/mol. The van der Waals surface area contributed by atoms with Crippen LogP contribution in [0.2, 0.25) is 0 Å². The number of morpholine rings is 1. The number of carbonyl (C=O) groups excluding carboxylic acids is 1. The molecule has 2 aliphatic heterocycles. The standard InChI is InChI=1S/C20H31N3O4S/c1-15(2)12-18(22-8-10-27-11-9-22)14-21-20(24)17-4-5-19-16(13-17)6-7-23(19)28(3,25)26/h4-5,13,15,18H,6-12,14H2,1-3H3,(H,21,24). The van der Waals surface area contributed by atoms with Crippen LogP contribution in [0.5, 0.6) is 0 Å². The zero-order valence-corrected chi connectivity index (χ0v) is 17.8. The Morgan fingerprint density at radius 2 is 1.93 bits per heavy atom. The van der Waals surface area contributed by atoms with Gasteiger partial charge in [0.2, 0.25) is 10.0 Å². The Kier molecular flexibility index (Phi) is 6.62. The summed E-state index contributed by atoms with van der Waals surface area (Å²) in [4.78, 5) is 15.1. The lowest BCUT2D eigenvalue weighted by Gasteiger charge is -2.35. The van der Waals surface area contributed by atoms with Crippen molar-refractivity contribution in [2.24, 2.45) is 5.92 Å². The zero-order chi connectivity index (χ0) is 20.3. The molecule has 7 nitrogen and oxygen atoms in total. The molecule has 0 aliphatic carbocycles. The number of hydrogen-bond donors (Lipinski definition) is 1. The van der Waals surface area contributed by atoms with Crippen LogP contribution in [0, 0.1) is 5.92 Å². The number of fused-ring (bicyclic) bond motifs is 1. The molecule has 1 saturated heterocycles. The molecular formula is C20H31N3O4S. The molecule has 0 bridgehead atoms. The van der Waals surface area contributed by atoms with E-state index in [1.54, 1.807) is 12.1 Å².